The van der Waals surface area contributed by atoms with Crippen LogP contribution < -0.4 is 27.9 Å². The predicted octanol–water partition coefficient (Wildman–Crippen LogP) is 2.06. The normalized spacial score (nSPS) is 14.8. The Labute approximate surface area is 158 Å². The Morgan fingerprint density at radius 3 is 2.48 bits per heavy atom. The number of allylic oxidation sites excluding steroid dienone is 1. The molecule has 0 spiro atoms. The van der Waals surface area contributed by atoms with Gasteiger partial charge in [0.05, 0.1) is 0 Å². The van der Waals surface area contributed by atoms with Gasteiger partial charge >= 0.3 is 6.03 Å². The zero-order valence-corrected chi connectivity index (χ0v) is 16.4. The molecule has 4 nitrogen and oxygen atoms in total. The molecule has 1 aromatic rings. The monoisotopic (exact) mass is 364 g/mol. The zero-order chi connectivity index (χ0) is 17.4. The van der Waals surface area contributed by atoms with Crippen LogP contribution in [-0.4, -0.2) is 19.1 Å². The second-order valence-corrected chi connectivity index (χ2v) is 6.53. The average Bonchev–Trinajstić information content (AvgIpc) is 2.59. The molecule has 0 atom stereocenters. The van der Waals surface area contributed by atoms with Crippen LogP contribution in [0.1, 0.15) is 51.5 Å². The smallest absolute Gasteiger partial charge is 0.323 e. The first-order chi connectivity index (χ1) is 11.6. The Bertz CT molecular complexity index is 564. The van der Waals surface area contributed by atoms with Crippen molar-refractivity contribution >= 4 is 17.4 Å². The molecule has 1 saturated carbocycles. The first-order valence-electron chi connectivity index (χ1n) is 9.23. The number of hydrogen-bond acceptors (Lipinski definition) is 2. The summed E-state index contributed by atoms with van der Waals surface area (Å²) in [5.74, 6) is 0.620. The molecule has 0 aromatic heterocycles. The van der Waals surface area contributed by atoms with Gasteiger partial charge in [0.25, 0.3) is 0 Å². The molecule has 1 aliphatic rings. The minimum atomic E-state index is -0.180. The Hall–Kier alpha value is -1.68. The van der Waals surface area contributed by atoms with Gasteiger partial charge in [0, 0.05) is 30.7 Å². The number of urea groups is 1. The van der Waals surface area contributed by atoms with Crippen LogP contribution in [0.4, 0.5) is 16.2 Å². The van der Waals surface area contributed by atoms with Crippen LogP contribution in [0, 0.1) is 12.8 Å². The summed E-state index contributed by atoms with van der Waals surface area (Å²) >= 11 is 0. The van der Waals surface area contributed by atoms with Crippen molar-refractivity contribution in [2.75, 3.05) is 23.3 Å². The maximum Gasteiger partial charge on any atom is 0.323 e. The van der Waals surface area contributed by atoms with Gasteiger partial charge in [-0.1, -0.05) is 25.3 Å². The van der Waals surface area contributed by atoms with Gasteiger partial charge < -0.3 is 27.9 Å². The Kier molecular flexibility index (Phi) is 9.43. The molecular formula is C20H31ClN3O-. The molecule has 0 heterocycles. The molecule has 0 saturated heterocycles. The fraction of sp³-hybridized carbons (Fsp3) is 0.550. The number of nitrogens with zero attached hydrogens (tertiary/aromatic N) is 1. The second-order valence-electron chi connectivity index (χ2n) is 6.53. The fourth-order valence-electron chi connectivity index (χ4n) is 3.32. The molecule has 1 fully saturated rings. The number of aryl methyl sites for hydroxylation is 1. The lowest BCUT2D eigenvalue weighted by Crippen LogP contribution is -3.00. The number of hydrogen-bond donors (Lipinski definition) is 2. The van der Waals surface area contributed by atoms with Gasteiger partial charge in [-0.3, -0.25) is 0 Å². The molecule has 0 aliphatic heterocycles. The molecule has 0 bridgehead atoms. The maximum absolute atomic E-state index is 12.1. The van der Waals surface area contributed by atoms with Crippen molar-refractivity contribution in [1.29, 1.82) is 0 Å². The van der Waals surface area contributed by atoms with E-state index in [4.69, 9.17) is 0 Å². The van der Waals surface area contributed by atoms with Crippen LogP contribution >= 0.6 is 0 Å². The number of carbonyl (C=O) groups is 1. The van der Waals surface area contributed by atoms with E-state index < -0.39 is 0 Å². The summed E-state index contributed by atoms with van der Waals surface area (Å²) in [5, 5.41) is 5.75. The summed E-state index contributed by atoms with van der Waals surface area (Å²) in [6, 6.07) is 5.99. The lowest BCUT2D eigenvalue weighted by Gasteiger charge is -2.22. The Balaban J connectivity index is 0.00000312. The van der Waals surface area contributed by atoms with Crippen LogP contribution in [0.25, 0.3) is 0 Å². The molecule has 0 unspecified atom stereocenters. The first kappa shape index (κ1) is 21.4. The minimum Gasteiger partial charge on any atom is -1.00 e. The zero-order valence-electron chi connectivity index (χ0n) is 15.6. The SMILES string of the molecule is CCN(CC)c1ccc(NC(=O)N/C=C/C2CCCCC2)c(C)c1.[Cl-]. The third kappa shape index (κ3) is 6.62. The van der Waals surface area contributed by atoms with Gasteiger partial charge in [-0.05, 0) is 63.3 Å². The van der Waals surface area contributed by atoms with Gasteiger partial charge in [0.15, 0.2) is 0 Å². The van der Waals surface area contributed by atoms with Crippen molar-refractivity contribution in [3.05, 3.63) is 36.0 Å². The highest BCUT2D eigenvalue weighted by atomic mass is 35.5. The number of nitrogens with one attached hydrogen (secondary N) is 2. The molecule has 1 aliphatic carbocycles. The molecular weight excluding hydrogens is 334 g/mol. The number of benzene rings is 1. The van der Waals surface area contributed by atoms with Crippen LogP contribution in [0.15, 0.2) is 30.5 Å². The van der Waals surface area contributed by atoms with E-state index in [1.807, 2.05) is 13.0 Å². The third-order valence-corrected chi connectivity index (χ3v) is 4.82. The number of amides is 2. The molecule has 25 heavy (non-hydrogen) atoms. The molecule has 2 N–H and O–H groups in total. The first-order valence-corrected chi connectivity index (χ1v) is 9.23. The van der Waals surface area contributed by atoms with E-state index in [-0.39, 0.29) is 18.4 Å². The molecule has 0 radical (unpaired) electrons. The molecule has 140 valence electrons. The van der Waals surface area contributed by atoms with E-state index in [0.29, 0.717) is 5.92 Å². The van der Waals surface area contributed by atoms with E-state index in [1.165, 1.54) is 37.8 Å². The van der Waals surface area contributed by atoms with Crippen molar-refractivity contribution in [3.63, 3.8) is 0 Å². The lowest BCUT2D eigenvalue weighted by molar-refractivity contribution is -0.00000824. The highest BCUT2D eigenvalue weighted by Crippen LogP contribution is 2.24. The number of anilines is 2. The van der Waals surface area contributed by atoms with Gasteiger partial charge in [-0.25, -0.2) is 4.79 Å². The third-order valence-electron chi connectivity index (χ3n) is 4.82. The minimum absolute atomic E-state index is 0. The summed E-state index contributed by atoms with van der Waals surface area (Å²) in [4.78, 5) is 14.3. The fourth-order valence-corrected chi connectivity index (χ4v) is 3.32. The number of carbonyl (C=O) groups excluding carboxylic acids is 1. The van der Waals surface area contributed by atoms with Crippen molar-refractivity contribution in [3.8, 4) is 0 Å². The highest BCUT2D eigenvalue weighted by Gasteiger charge is 2.10. The van der Waals surface area contributed by atoms with E-state index in [9.17, 15) is 4.79 Å². The van der Waals surface area contributed by atoms with Crippen LogP contribution in [-0.2, 0) is 0 Å². The van der Waals surface area contributed by atoms with Crippen molar-refractivity contribution in [2.24, 2.45) is 5.92 Å². The van der Waals surface area contributed by atoms with Crippen LogP contribution in [0.3, 0.4) is 0 Å². The maximum atomic E-state index is 12.1. The van der Waals surface area contributed by atoms with Gasteiger partial charge in [0.2, 0.25) is 0 Å². The average molecular weight is 365 g/mol. The summed E-state index contributed by atoms with van der Waals surface area (Å²) in [7, 11) is 0. The van der Waals surface area contributed by atoms with Crippen LogP contribution in [0.2, 0.25) is 0 Å². The molecule has 2 amide bonds. The summed E-state index contributed by atoms with van der Waals surface area (Å²) in [6.45, 7) is 8.29. The van der Waals surface area contributed by atoms with Gasteiger partial charge in [-0.2, -0.15) is 0 Å². The molecule has 5 heteroatoms. The molecule has 2 rings (SSSR count). The predicted molar refractivity (Wildman–Crippen MR) is 103 cm³/mol. The van der Waals surface area contributed by atoms with Gasteiger partial charge in [0.1, 0.15) is 0 Å². The van der Waals surface area contributed by atoms with Crippen molar-refractivity contribution < 1.29 is 17.2 Å². The van der Waals surface area contributed by atoms with E-state index >= 15 is 0 Å². The summed E-state index contributed by atoms with van der Waals surface area (Å²) < 4.78 is 0. The largest absolute Gasteiger partial charge is 1.00 e. The lowest BCUT2D eigenvalue weighted by atomic mass is 9.89. The highest BCUT2D eigenvalue weighted by molar-refractivity contribution is 5.91. The number of rotatable bonds is 6. The van der Waals surface area contributed by atoms with Crippen molar-refractivity contribution in [1.82, 2.24) is 5.32 Å². The van der Waals surface area contributed by atoms with Crippen LogP contribution in [0.5, 0.6) is 0 Å². The Morgan fingerprint density at radius 2 is 1.88 bits per heavy atom. The van der Waals surface area contributed by atoms with Crippen molar-refractivity contribution in [2.45, 2.75) is 52.9 Å². The standard InChI is InChI=1S/C20H31N3O.ClH/c1-4-23(5-2)18-11-12-19(16(3)15-18)22-20(24)21-14-13-17-9-7-6-8-10-17;/h11-15,17H,4-10H2,1-3H3,(H2,21,22,24);1H/p-1/b14-13+;. The second kappa shape index (κ2) is 11.0. The van der Waals surface area contributed by atoms with E-state index in [1.54, 1.807) is 6.20 Å². The summed E-state index contributed by atoms with van der Waals surface area (Å²) in [5.41, 5.74) is 3.13. The molecule has 1 aromatic carbocycles. The number of halogens is 1. The summed E-state index contributed by atoms with van der Waals surface area (Å²) in [6.07, 6.45) is 10.4. The van der Waals surface area contributed by atoms with Gasteiger partial charge in [-0.15, -0.1) is 0 Å². The quantitative estimate of drug-likeness (QED) is 0.811. The van der Waals surface area contributed by atoms with E-state index in [2.05, 4.69) is 47.6 Å². The van der Waals surface area contributed by atoms with E-state index in [0.717, 1.165) is 24.3 Å². The topological polar surface area (TPSA) is 44.4 Å². The Morgan fingerprint density at radius 1 is 1.20 bits per heavy atom.